The van der Waals surface area contributed by atoms with E-state index in [0.29, 0.717) is 0 Å². The van der Waals surface area contributed by atoms with Crippen LogP contribution in [0.5, 0.6) is 0 Å². The van der Waals surface area contributed by atoms with Crippen molar-refractivity contribution >= 4 is 23.5 Å². The normalized spacial score (nSPS) is 21.7. The minimum Gasteiger partial charge on any atom is -0.332 e. The standard InChI is InChI=1S/C12H21N3S2/c1-12(2,13-3)11-6-14-9-15(11)7-10-8-16-4-5-17-10/h6,9-10,13H,4-5,7-8H2,1-3H3. The fourth-order valence-electron chi connectivity index (χ4n) is 1.98. The first-order chi connectivity index (χ1) is 8.13. The van der Waals surface area contributed by atoms with Crippen LogP contribution in [0.4, 0.5) is 0 Å². The van der Waals surface area contributed by atoms with E-state index in [4.69, 9.17) is 0 Å². The molecule has 17 heavy (non-hydrogen) atoms. The van der Waals surface area contributed by atoms with Crippen molar-refractivity contribution < 1.29 is 0 Å². The van der Waals surface area contributed by atoms with Gasteiger partial charge in [0.2, 0.25) is 0 Å². The molecule has 1 aliphatic heterocycles. The summed E-state index contributed by atoms with van der Waals surface area (Å²) in [5.74, 6) is 3.86. The van der Waals surface area contributed by atoms with Gasteiger partial charge in [0, 0.05) is 35.3 Å². The summed E-state index contributed by atoms with van der Waals surface area (Å²) in [6.45, 7) is 5.48. The van der Waals surface area contributed by atoms with Gasteiger partial charge in [-0.05, 0) is 20.9 Å². The predicted molar refractivity (Wildman–Crippen MR) is 77.9 cm³/mol. The van der Waals surface area contributed by atoms with E-state index in [9.17, 15) is 0 Å². The zero-order valence-corrected chi connectivity index (χ0v) is 12.4. The Labute approximate surface area is 112 Å². The van der Waals surface area contributed by atoms with Gasteiger partial charge in [0.25, 0.3) is 0 Å². The molecule has 1 aromatic heterocycles. The van der Waals surface area contributed by atoms with Crippen molar-refractivity contribution in [3.8, 4) is 0 Å². The SMILES string of the molecule is CNC(C)(C)c1cncn1CC1CSCCS1. The molecule has 0 saturated carbocycles. The lowest BCUT2D eigenvalue weighted by molar-refractivity contribution is 0.408. The van der Waals surface area contributed by atoms with E-state index in [-0.39, 0.29) is 5.54 Å². The third kappa shape index (κ3) is 3.20. The molecule has 96 valence electrons. The maximum atomic E-state index is 4.31. The van der Waals surface area contributed by atoms with Crippen molar-refractivity contribution in [1.29, 1.82) is 0 Å². The van der Waals surface area contributed by atoms with E-state index in [0.717, 1.165) is 11.8 Å². The van der Waals surface area contributed by atoms with Gasteiger partial charge >= 0.3 is 0 Å². The number of nitrogens with zero attached hydrogens (tertiary/aromatic N) is 2. The topological polar surface area (TPSA) is 29.9 Å². The van der Waals surface area contributed by atoms with Crippen molar-refractivity contribution in [2.45, 2.75) is 31.2 Å². The Morgan fingerprint density at radius 1 is 1.53 bits per heavy atom. The van der Waals surface area contributed by atoms with Crippen molar-refractivity contribution in [3.05, 3.63) is 18.2 Å². The summed E-state index contributed by atoms with van der Waals surface area (Å²) in [5.41, 5.74) is 1.26. The Kier molecular flexibility index (Phi) is 4.44. The third-order valence-electron chi connectivity index (χ3n) is 3.26. The van der Waals surface area contributed by atoms with E-state index < -0.39 is 0 Å². The number of hydrogen-bond donors (Lipinski definition) is 1. The molecule has 2 heterocycles. The van der Waals surface area contributed by atoms with Gasteiger partial charge < -0.3 is 9.88 Å². The average molecular weight is 271 g/mol. The van der Waals surface area contributed by atoms with Crippen LogP contribution in [0.25, 0.3) is 0 Å². The Bertz CT molecular complexity index is 356. The van der Waals surface area contributed by atoms with Crippen LogP contribution in [-0.2, 0) is 12.1 Å². The second-order valence-corrected chi connectivity index (χ2v) is 7.43. The van der Waals surface area contributed by atoms with Gasteiger partial charge in [0.15, 0.2) is 0 Å². The van der Waals surface area contributed by atoms with Crippen LogP contribution in [0.15, 0.2) is 12.5 Å². The van der Waals surface area contributed by atoms with Gasteiger partial charge in [-0.15, -0.1) is 0 Å². The Morgan fingerprint density at radius 2 is 2.35 bits per heavy atom. The van der Waals surface area contributed by atoms with Gasteiger partial charge in [-0.1, -0.05) is 0 Å². The summed E-state index contributed by atoms with van der Waals surface area (Å²) in [7, 11) is 2.00. The molecule has 0 aliphatic carbocycles. The highest BCUT2D eigenvalue weighted by molar-refractivity contribution is 8.06. The highest BCUT2D eigenvalue weighted by Crippen LogP contribution is 2.27. The number of rotatable bonds is 4. The lowest BCUT2D eigenvalue weighted by Gasteiger charge is -2.28. The molecule has 5 heteroatoms. The molecule has 0 amide bonds. The number of nitrogens with one attached hydrogen (secondary N) is 1. The maximum absolute atomic E-state index is 4.31. The second kappa shape index (κ2) is 5.67. The van der Waals surface area contributed by atoms with Crippen molar-refractivity contribution in [2.24, 2.45) is 0 Å². The summed E-state index contributed by atoms with van der Waals surface area (Å²) < 4.78 is 2.31. The van der Waals surface area contributed by atoms with E-state index in [2.05, 4.69) is 52.2 Å². The molecule has 1 aromatic rings. The molecular formula is C12H21N3S2. The van der Waals surface area contributed by atoms with Crippen LogP contribution in [0.3, 0.4) is 0 Å². The van der Waals surface area contributed by atoms with Gasteiger partial charge in [-0.3, -0.25) is 0 Å². The number of thioether (sulfide) groups is 2. The van der Waals surface area contributed by atoms with E-state index in [1.54, 1.807) is 0 Å². The van der Waals surface area contributed by atoms with Crippen LogP contribution >= 0.6 is 23.5 Å². The molecule has 2 rings (SSSR count). The lowest BCUT2D eigenvalue weighted by Crippen LogP contribution is -2.36. The Morgan fingerprint density at radius 3 is 3.00 bits per heavy atom. The van der Waals surface area contributed by atoms with Crippen LogP contribution in [0.1, 0.15) is 19.5 Å². The zero-order chi connectivity index (χ0) is 12.3. The van der Waals surface area contributed by atoms with E-state index in [1.807, 2.05) is 19.6 Å². The average Bonchev–Trinajstić information content (AvgIpc) is 2.79. The quantitative estimate of drug-likeness (QED) is 0.909. The van der Waals surface area contributed by atoms with Gasteiger partial charge in [0.05, 0.1) is 17.6 Å². The number of aromatic nitrogens is 2. The summed E-state index contributed by atoms with van der Waals surface area (Å²) in [4.78, 5) is 4.31. The predicted octanol–water partition coefficient (Wildman–Crippen LogP) is 2.19. The third-order valence-corrected chi connectivity index (χ3v) is 6.09. The van der Waals surface area contributed by atoms with E-state index >= 15 is 0 Å². The Balaban J connectivity index is 2.08. The molecule has 1 unspecified atom stereocenters. The minimum absolute atomic E-state index is 0.0109. The minimum atomic E-state index is -0.0109. The van der Waals surface area contributed by atoms with Crippen LogP contribution in [0, 0.1) is 0 Å². The monoisotopic (exact) mass is 271 g/mol. The summed E-state index contributed by atoms with van der Waals surface area (Å²) in [6, 6.07) is 0. The van der Waals surface area contributed by atoms with Crippen molar-refractivity contribution in [3.63, 3.8) is 0 Å². The molecule has 3 nitrogen and oxygen atoms in total. The molecule has 0 aromatic carbocycles. The molecular weight excluding hydrogens is 250 g/mol. The molecule has 0 bridgehead atoms. The van der Waals surface area contributed by atoms with Gasteiger partial charge in [-0.25, -0.2) is 4.98 Å². The first kappa shape index (κ1) is 13.3. The number of hydrogen-bond acceptors (Lipinski definition) is 4. The molecule has 0 spiro atoms. The zero-order valence-electron chi connectivity index (χ0n) is 10.8. The van der Waals surface area contributed by atoms with Crippen LogP contribution in [-0.4, -0.2) is 39.1 Å². The molecule has 1 aliphatic rings. The molecule has 1 N–H and O–H groups in total. The van der Waals surface area contributed by atoms with Crippen molar-refractivity contribution in [2.75, 3.05) is 24.3 Å². The lowest BCUT2D eigenvalue weighted by atomic mass is 10.0. The number of imidazole rings is 1. The van der Waals surface area contributed by atoms with Crippen LogP contribution in [0.2, 0.25) is 0 Å². The fraction of sp³-hybridized carbons (Fsp3) is 0.750. The summed E-state index contributed by atoms with van der Waals surface area (Å²) in [5, 5.41) is 4.08. The molecule has 0 radical (unpaired) electrons. The Hall–Kier alpha value is -0.130. The largest absolute Gasteiger partial charge is 0.332 e. The maximum Gasteiger partial charge on any atom is 0.0949 e. The smallest absolute Gasteiger partial charge is 0.0949 e. The summed E-state index contributed by atoms with van der Waals surface area (Å²) in [6.07, 6.45) is 3.95. The van der Waals surface area contributed by atoms with Gasteiger partial charge in [0.1, 0.15) is 0 Å². The second-order valence-electron chi connectivity index (χ2n) is 4.87. The van der Waals surface area contributed by atoms with Crippen molar-refractivity contribution in [1.82, 2.24) is 14.9 Å². The van der Waals surface area contributed by atoms with Crippen LogP contribution < -0.4 is 5.32 Å². The first-order valence-electron chi connectivity index (χ1n) is 6.02. The van der Waals surface area contributed by atoms with E-state index in [1.165, 1.54) is 23.0 Å². The van der Waals surface area contributed by atoms with Gasteiger partial charge in [-0.2, -0.15) is 23.5 Å². The molecule has 1 saturated heterocycles. The molecule has 1 atom stereocenters. The molecule has 1 fully saturated rings. The highest BCUT2D eigenvalue weighted by atomic mass is 32.2. The highest BCUT2D eigenvalue weighted by Gasteiger charge is 2.24. The summed E-state index contributed by atoms with van der Waals surface area (Å²) >= 11 is 4.17. The fourth-order valence-corrected chi connectivity index (χ4v) is 4.64. The first-order valence-corrected chi connectivity index (χ1v) is 8.22.